The predicted molar refractivity (Wildman–Crippen MR) is 82.4 cm³/mol. The van der Waals surface area contributed by atoms with Gasteiger partial charge in [-0.1, -0.05) is 30.3 Å². The van der Waals surface area contributed by atoms with Gasteiger partial charge < -0.3 is 9.26 Å². The third-order valence-corrected chi connectivity index (χ3v) is 5.17. The lowest BCUT2D eigenvalue weighted by atomic mass is 10.0. The van der Waals surface area contributed by atoms with Crippen molar-refractivity contribution in [3.8, 4) is 5.75 Å². The summed E-state index contributed by atoms with van der Waals surface area (Å²) in [7, 11) is -3.93. The van der Waals surface area contributed by atoms with E-state index >= 15 is 0 Å². The minimum absolute atomic E-state index is 0.0480. The van der Waals surface area contributed by atoms with Gasteiger partial charge in [0, 0.05) is 5.56 Å². The summed E-state index contributed by atoms with van der Waals surface area (Å²) in [4.78, 5) is -0.0480. The third kappa shape index (κ3) is 3.90. The molecule has 0 aliphatic heterocycles. The first-order valence-electron chi connectivity index (χ1n) is 7.25. The van der Waals surface area contributed by atoms with Crippen LogP contribution in [0.1, 0.15) is 36.4 Å². The van der Waals surface area contributed by atoms with Gasteiger partial charge in [0.25, 0.3) is 0 Å². The fourth-order valence-electron chi connectivity index (χ4n) is 2.44. The van der Waals surface area contributed by atoms with Crippen molar-refractivity contribution >= 4 is 10.0 Å². The van der Waals surface area contributed by atoms with Crippen LogP contribution in [-0.2, 0) is 10.0 Å². The number of para-hydroxylation sites is 1. The SMILES string of the molecule is CCC(NS(=O)(=O)c1c(C)noc1C)c1ccccc1OC(F)F. The fraction of sp³-hybridized carbons (Fsp3) is 0.400. The lowest BCUT2D eigenvalue weighted by Crippen LogP contribution is -2.29. The minimum atomic E-state index is -3.93. The Morgan fingerprint density at radius 3 is 2.50 bits per heavy atom. The molecule has 0 spiro atoms. The molecule has 0 saturated carbocycles. The summed E-state index contributed by atoms with van der Waals surface area (Å²) >= 11 is 0. The molecule has 1 unspecified atom stereocenters. The van der Waals surface area contributed by atoms with Crippen LogP contribution in [0.5, 0.6) is 5.75 Å². The van der Waals surface area contributed by atoms with E-state index in [1.807, 2.05) is 0 Å². The highest BCUT2D eigenvalue weighted by molar-refractivity contribution is 7.89. The van der Waals surface area contributed by atoms with E-state index in [1.54, 1.807) is 19.1 Å². The topological polar surface area (TPSA) is 81.4 Å². The number of alkyl halides is 2. The number of nitrogens with one attached hydrogen (secondary N) is 1. The van der Waals surface area contributed by atoms with Crippen LogP contribution in [0.4, 0.5) is 8.78 Å². The van der Waals surface area contributed by atoms with E-state index in [0.29, 0.717) is 12.0 Å². The summed E-state index contributed by atoms with van der Waals surface area (Å²) < 4.78 is 62.2. The van der Waals surface area contributed by atoms with Gasteiger partial charge in [0.2, 0.25) is 10.0 Å². The maximum Gasteiger partial charge on any atom is 0.387 e. The normalized spacial score (nSPS) is 13.2. The van der Waals surface area contributed by atoms with Crippen LogP contribution in [0.2, 0.25) is 0 Å². The number of hydrogen-bond acceptors (Lipinski definition) is 5. The largest absolute Gasteiger partial charge is 0.434 e. The molecule has 0 amide bonds. The van der Waals surface area contributed by atoms with Crippen molar-refractivity contribution in [1.29, 1.82) is 0 Å². The van der Waals surface area contributed by atoms with Gasteiger partial charge in [0.1, 0.15) is 16.3 Å². The minimum Gasteiger partial charge on any atom is -0.434 e. The maximum absolute atomic E-state index is 12.6. The first-order valence-corrected chi connectivity index (χ1v) is 8.73. The summed E-state index contributed by atoms with van der Waals surface area (Å²) in [6.45, 7) is 1.74. The van der Waals surface area contributed by atoms with Gasteiger partial charge in [-0.2, -0.15) is 8.78 Å². The van der Waals surface area contributed by atoms with E-state index in [2.05, 4.69) is 14.6 Å². The predicted octanol–water partition coefficient (Wildman–Crippen LogP) is 3.32. The van der Waals surface area contributed by atoms with Crippen molar-refractivity contribution in [1.82, 2.24) is 9.88 Å². The number of ether oxygens (including phenoxy) is 1. The van der Waals surface area contributed by atoms with Gasteiger partial charge in [-0.3, -0.25) is 0 Å². The van der Waals surface area contributed by atoms with E-state index in [4.69, 9.17) is 4.52 Å². The molecule has 2 aromatic rings. The van der Waals surface area contributed by atoms with E-state index in [0.717, 1.165) is 0 Å². The molecule has 1 atom stereocenters. The van der Waals surface area contributed by atoms with Crippen LogP contribution < -0.4 is 9.46 Å². The summed E-state index contributed by atoms with van der Waals surface area (Å²) in [5, 5.41) is 3.63. The number of hydrogen-bond donors (Lipinski definition) is 1. The van der Waals surface area contributed by atoms with Gasteiger partial charge in [0.15, 0.2) is 5.76 Å². The van der Waals surface area contributed by atoms with E-state index in [9.17, 15) is 17.2 Å². The Bertz CT molecular complexity index is 786. The lowest BCUT2D eigenvalue weighted by molar-refractivity contribution is -0.0506. The fourth-order valence-corrected chi connectivity index (χ4v) is 4.07. The van der Waals surface area contributed by atoms with Crippen LogP contribution in [0.15, 0.2) is 33.7 Å². The third-order valence-electron chi connectivity index (χ3n) is 3.45. The number of sulfonamides is 1. The van der Waals surface area contributed by atoms with Crippen molar-refractivity contribution in [2.45, 2.75) is 44.7 Å². The molecule has 0 aliphatic rings. The molecule has 1 aromatic heterocycles. The number of aryl methyl sites for hydroxylation is 2. The zero-order valence-electron chi connectivity index (χ0n) is 13.4. The molecule has 0 bridgehead atoms. The summed E-state index contributed by atoms with van der Waals surface area (Å²) in [6.07, 6.45) is 0.340. The number of rotatable bonds is 7. The highest BCUT2D eigenvalue weighted by atomic mass is 32.2. The van der Waals surface area contributed by atoms with Crippen molar-refractivity contribution in [3.05, 3.63) is 41.3 Å². The second kappa shape index (κ2) is 7.27. The number of halogens is 2. The lowest BCUT2D eigenvalue weighted by Gasteiger charge is -2.20. The van der Waals surface area contributed by atoms with Crippen molar-refractivity contribution in [2.75, 3.05) is 0 Å². The monoisotopic (exact) mass is 360 g/mol. The molecule has 9 heteroatoms. The first kappa shape index (κ1) is 18.3. The van der Waals surface area contributed by atoms with E-state index in [1.165, 1.54) is 26.0 Å². The Kier molecular flexibility index (Phi) is 5.55. The molecule has 24 heavy (non-hydrogen) atoms. The van der Waals surface area contributed by atoms with Crippen LogP contribution in [0, 0.1) is 13.8 Å². The Labute approximate surface area is 138 Å². The quantitative estimate of drug-likeness (QED) is 0.819. The Hall–Kier alpha value is -2.00. The molecule has 0 aliphatic carbocycles. The van der Waals surface area contributed by atoms with Crippen LogP contribution in [0.25, 0.3) is 0 Å². The van der Waals surface area contributed by atoms with Gasteiger partial charge in [-0.05, 0) is 26.3 Å². The van der Waals surface area contributed by atoms with Crippen molar-refractivity contribution in [3.63, 3.8) is 0 Å². The van der Waals surface area contributed by atoms with Gasteiger partial charge in [-0.15, -0.1) is 0 Å². The molecular formula is C15H18F2N2O4S. The van der Waals surface area contributed by atoms with Gasteiger partial charge in [-0.25, -0.2) is 13.1 Å². The average molecular weight is 360 g/mol. The Morgan fingerprint density at radius 1 is 1.29 bits per heavy atom. The standard InChI is InChI=1S/C15H18F2N2O4S/c1-4-12(11-7-5-6-8-13(11)22-15(16)17)19-24(20,21)14-9(2)18-23-10(14)3/h5-8,12,15,19H,4H2,1-3H3. The summed E-state index contributed by atoms with van der Waals surface area (Å²) in [5.41, 5.74) is 0.558. The number of nitrogens with zero attached hydrogens (tertiary/aromatic N) is 1. The van der Waals surface area contributed by atoms with Crippen LogP contribution in [-0.4, -0.2) is 20.2 Å². The number of aromatic nitrogens is 1. The molecule has 132 valence electrons. The molecule has 0 saturated heterocycles. The van der Waals surface area contributed by atoms with E-state index < -0.39 is 22.7 Å². The summed E-state index contributed by atoms with van der Waals surface area (Å²) in [6, 6.07) is 5.34. The zero-order valence-corrected chi connectivity index (χ0v) is 14.2. The Balaban J connectivity index is 2.37. The van der Waals surface area contributed by atoms with Crippen molar-refractivity contribution < 1.29 is 26.5 Å². The molecule has 1 N–H and O–H groups in total. The molecule has 6 nitrogen and oxygen atoms in total. The van der Waals surface area contributed by atoms with E-state index in [-0.39, 0.29) is 22.1 Å². The number of benzene rings is 1. The molecule has 1 aromatic carbocycles. The highest BCUT2D eigenvalue weighted by Gasteiger charge is 2.28. The second-order valence-corrected chi connectivity index (χ2v) is 6.80. The average Bonchev–Trinajstić information content (AvgIpc) is 2.85. The van der Waals surface area contributed by atoms with Crippen molar-refractivity contribution in [2.24, 2.45) is 0 Å². The van der Waals surface area contributed by atoms with Gasteiger partial charge >= 0.3 is 6.61 Å². The summed E-state index contributed by atoms with van der Waals surface area (Å²) in [5.74, 6) is 0.0905. The molecule has 0 radical (unpaired) electrons. The maximum atomic E-state index is 12.6. The van der Waals surface area contributed by atoms with Gasteiger partial charge in [0.05, 0.1) is 6.04 Å². The molecule has 1 heterocycles. The highest BCUT2D eigenvalue weighted by Crippen LogP contribution is 2.30. The first-order chi connectivity index (χ1) is 11.3. The molecular weight excluding hydrogens is 342 g/mol. The Morgan fingerprint density at radius 2 is 1.96 bits per heavy atom. The molecule has 0 fully saturated rings. The van der Waals surface area contributed by atoms with Crippen LogP contribution >= 0.6 is 0 Å². The second-order valence-electron chi connectivity index (χ2n) is 5.15. The molecule has 2 rings (SSSR count). The zero-order chi connectivity index (χ0) is 17.9. The smallest absolute Gasteiger partial charge is 0.387 e. The van der Waals surface area contributed by atoms with Crippen LogP contribution in [0.3, 0.4) is 0 Å².